The number of carbonyl (C=O) groups excluding carboxylic acids is 3. The number of rotatable bonds is 4. The van der Waals surface area contributed by atoms with E-state index in [-0.39, 0.29) is 30.7 Å². The van der Waals surface area contributed by atoms with Crippen LogP contribution in [0.15, 0.2) is 42.5 Å². The third kappa shape index (κ3) is 2.73. The Hall–Kier alpha value is -3.48. The van der Waals surface area contributed by atoms with Gasteiger partial charge < -0.3 is 10.3 Å². The Kier molecular flexibility index (Phi) is 3.76. The summed E-state index contributed by atoms with van der Waals surface area (Å²) in [5, 5.41) is 2.78. The number of imide groups is 1. The van der Waals surface area contributed by atoms with E-state index in [1.807, 2.05) is 13.0 Å². The standard InChI is InChI=1S/C19H16N4O3/c1-11-20-15-7-6-12(10-16(15)21-11)22-17(24)8-9-23-18(25)13-4-2-3-5-14(13)19(23)26/h2-7,10H,8-9H2,1H3,(H,20,21)(H,22,24). The average molecular weight is 348 g/mol. The number of nitrogens with zero attached hydrogens (tertiary/aromatic N) is 2. The molecule has 1 aliphatic rings. The number of amides is 3. The molecular weight excluding hydrogens is 332 g/mol. The fourth-order valence-electron chi connectivity index (χ4n) is 3.09. The van der Waals surface area contributed by atoms with Gasteiger partial charge in [0.05, 0.1) is 22.2 Å². The maximum atomic E-state index is 12.3. The van der Waals surface area contributed by atoms with Crippen LogP contribution in [-0.2, 0) is 4.79 Å². The van der Waals surface area contributed by atoms with Crippen LogP contribution in [0.3, 0.4) is 0 Å². The summed E-state index contributed by atoms with van der Waals surface area (Å²) in [5.41, 5.74) is 3.07. The first-order valence-corrected chi connectivity index (χ1v) is 8.24. The van der Waals surface area contributed by atoms with E-state index in [4.69, 9.17) is 0 Å². The highest BCUT2D eigenvalue weighted by atomic mass is 16.2. The van der Waals surface area contributed by atoms with Crippen LogP contribution in [0.4, 0.5) is 5.69 Å². The molecule has 130 valence electrons. The summed E-state index contributed by atoms with van der Waals surface area (Å²) in [6.45, 7) is 1.91. The SMILES string of the molecule is Cc1nc2ccc(NC(=O)CCN3C(=O)c4ccccc4C3=O)cc2[nH]1. The van der Waals surface area contributed by atoms with E-state index in [0.29, 0.717) is 16.8 Å². The summed E-state index contributed by atoms with van der Waals surface area (Å²) >= 11 is 0. The summed E-state index contributed by atoms with van der Waals surface area (Å²) in [6, 6.07) is 12.1. The van der Waals surface area contributed by atoms with Crippen molar-refractivity contribution in [2.75, 3.05) is 11.9 Å². The largest absolute Gasteiger partial charge is 0.342 e. The molecule has 7 heteroatoms. The molecule has 0 bridgehead atoms. The van der Waals surface area contributed by atoms with Crippen molar-refractivity contribution in [1.82, 2.24) is 14.9 Å². The van der Waals surface area contributed by atoms with Crippen molar-refractivity contribution in [3.05, 3.63) is 59.4 Å². The molecule has 3 amide bonds. The molecule has 1 aliphatic heterocycles. The molecule has 2 aromatic carbocycles. The Morgan fingerprint density at radius 2 is 1.81 bits per heavy atom. The Morgan fingerprint density at radius 1 is 1.12 bits per heavy atom. The van der Waals surface area contributed by atoms with Crippen LogP contribution in [-0.4, -0.2) is 39.1 Å². The van der Waals surface area contributed by atoms with Crippen LogP contribution >= 0.6 is 0 Å². The van der Waals surface area contributed by atoms with Crippen molar-refractivity contribution in [1.29, 1.82) is 0 Å². The molecule has 0 saturated heterocycles. The van der Waals surface area contributed by atoms with Gasteiger partial charge in [0.1, 0.15) is 5.82 Å². The number of nitrogens with one attached hydrogen (secondary N) is 2. The zero-order valence-electron chi connectivity index (χ0n) is 14.1. The van der Waals surface area contributed by atoms with Crippen LogP contribution in [0.5, 0.6) is 0 Å². The predicted molar refractivity (Wildman–Crippen MR) is 95.9 cm³/mol. The van der Waals surface area contributed by atoms with Crippen LogP contribution in [0, 0.1) is 6.92 Å². The van der Waals surface area contributed by atoms with Gasteiger partial charge in [-0.2, -0.15) is 0 Å². The molecule has 26 heavy (non-hydrogen) atoms. The van der Waals surface area contributed by atoms with E-state index in [0.717, 1.165) is 21.8 Å². The van der Waals surface area contributed by atoms with Gasteiger partial charge in [-0.05, 0) is 37.3 Å². The van der Waals surface area contributed by atoms with Crippen molar-refractivity contribution in [3.63, 3.8) is 0 Å². The quantitative estimate of drug-likeness (QED) is 0.708. The first-order chi connectivity index (χ1) is 12.5. The fraction of sp³-hybridized carbons (Fsp3) is 0.158. The lowest BCUT2D eigenvalue weighted by Crippen LogP contribution is -2.32. The van der Waals surface area contributed by atoms with E-state index in [2.05, 4.69) is 15.3 Å². The summed E-state index contributed by atoms with van der Waals surface area (Å²) < 4.78 is 0. The lowest BCUT2D eigenvalue weighted by Gasteiger charge is -2.13. The van der Waals surface area contributed by atoms with E-state index in [9.17, 15) is 14.4 Å². The molecule has 1 aromatic heterocycles. The van der Waals surface area contributed by atoms with Crippen LogP contribution < -0.4 is 5.32 Å². The summed E-state index contributed by atoms with van der Waals surface area (Å²) in [7, 11) is 0. The maximum Gasteiger partial charge on any atom is 0.261 e. The second kappa shape index (κ2) is 6.11. The van der Waals surface area contributed by atoms with E-state index in [1.54, 1.807) is 36.4 Å². The van der Waals surface area contributed by atoms with Gasteiger partial charge in [0.15, 0.2) is 0 Å². The molecular formula is C19H16N4O3. The third-order valence-electron chi connectivity index (χ3n) is 4.32. The highest BCUT2D eigenvalue weighted by molar-refractivity contribution is 6.21. The molecule has 0 radical (unpaired) electrons. The second-order valence-corrected chi connectivity index (χ2v) is 6.16. The molecule has 4 rings (SSSR count). The number of hydrogen-bond acceptors (Lipinski definition) is 4. The Balaban J connectivity index is 1.41. The smallest absolute Gasteiger partial charge is 0.261 e. The van der Waals surface area contributed by atoms with E-state index < -0.39 is 0 Å². The lowest BCUT2D eigenvalue weighted by atomic mass is 10.1. The molecule has 0 saturated carbocycles. The molecule has 0 aliphatic carbocycles. The zero-order valence-corrected chi connectivity index (χ0v) is 14.1. The molecule has 0 spiro atoms. The maximum absolute atomic E-state index is 12.3. The number of imidazole rings is 1. The lowest BCUT2D eigenvalue weighted by molar-refractivity contribution is -0.116. The van der Waals surface area contributed by atoms with Crippen LogP contribution in [0.25, 0.3) is 11.0 Å². The number of aromatic nitrogens is 2. The van der Waals surface area contributed by atoms with Crippen molar-refractivity contribution in [2.45, 2.75) is 13.3 Å². The fourth-order valence-corrected chi connectivity index (χ4v) is 3.09. The van der Waals surface area contributed by atoms with Crippen molar-refractivity contribution in [3.8, 4) is 0 Å². The minimum Gasteiger partial charge on any atom is -0.342 e. The van der Waals surface area contributed by atoms with Gasteiger partial charge in [-0.25, -0.2) is 4.98 Å². The molecule has 0 atom stereocenters. The number of hydrogen-bond donors (Lipinski definition) is 2. The third-order valence-corrected chi connectivity index (χ3v) is 4.32. The molecule has 7 nitrogen and oxygen atoms in total. The average Bonchev–Trinajstić information content (AvgIpc) is 3.11. The highest BCUT2D eigenvalue weighted by Gasteiger charge is 2.34. The summed E-state index contributed by atoms with van der Waals surface area (Å²) in [6.07, 6.45) is 0.0332. The monoisotopic (exact) mass is 348 g/mol. The second-order valence-electron chi connectivity index (χ2n) is 6.16. The van der Waals surface area contributed by atoms with Gasteiger partial charge in [0.2, 0.25) is 5.91 Å². The number of aromatic amines is 1. The van der Waals surface area contributed by atoms with Gasteiger partial charge >= 0.3 is 0 Å². The normalized spacial score (nSPS) is 13.3. The van der Waals surface area contributed by atoms with Crippen molar-refractivity contribution < 1.29 is 14.4 Å². The number of fused-ring (bicyclic) bond motifs is 2. The highest BCUT2D eigenvalue weighted by Crippen LogP contribution is 2.22. The first kappa shape index (κ1) is 16.0. The van der Waals surface area contributed by atoms with E-state index >= 15 is 0 Å². The number of benzene rings is 2. The van der Waals surface area contributed by atoms with Gasteiger partial charge in [-0.3, -0.25) is 19.3 Å². The Morgan fingerprint density at radius 3 is 2.50 bits per heavy atom. The summed E-state index contributed by atoms with van der Waals surface area (Å²) in [4.78, 5) is 45.3. The number of carbonyl (C=O) groups is 3. The van der Waals surface area contributed by atoms with Gasteiger partial charge in [-0.15, -0.1) is 0 Å². The molecule has 0 unspecified atom stereocenters. The van der Waals surface area contributed by atoms with E-state index in [1.165, 1.54) is 0 Å². The number of aryl methyl sites for hydroxylation is 1. The Labute approximate surface area is 149 Å². The zero-order chi connectivity index (χ0) is 18.3. The topological polar surface area (TPSA) is 95.2 Å². The number of H-pyrrole nitrogens is 1. The van der Waals surface area contributed by atoms with Crippen LogP contribution in [0.2, 0.25) is 0 Å². The summed E-state index contributed by atoms with van der Waals surface area (Å²) in [5.74, 6) is -0.174. The predicted octanol–water partition coefficient (Wildman–Crippen LogP) is 2.50. The van der Waals surface area contributed by atoms with Gasteiger partial charge in [0.25, 0.3) is 11.8 Å². The van der Waals surface area contributed by atoms with Gasteiger partial charge in [0, 0.05) is 18.7 Å². The first-order valence-electron chi connectivity index (χ1n) is 8.24. The molecule has 2 heterocycles. The molecule has 0 fully saturated rings. The van der Waals surface area contributed by atoms with Gasteiger partial charge in [-0.1, -0.05) is 12.1 Å². The van der Waals surface area contributed by atoms with Crippen molar-refractivity contribution in [2.24, 2.45) is 0 Å². The molecule has 3 aromatic rings. The van der Waals surface area contributed by atoms with Crippen molar-refractivity contribution >= 4 is 34.4 Å². The minimum atomic E-state index is -0.354. The van der Waals surface area contributed by atoms with Crippen LogP contribution in [0.1, 0.15) is 33.0 Å². The minimum absolute atomic E-state index is 0.0332. The number of anilines is 1. The Bertz CT molecular complexity index is 1020. The molecule has 2 N–H and O–H groups in total.